The van der Waals surface area contributed by atoms with Crippen molar-refractivity contribution in [3.63, 3.8) is 0 Å². The average molecular weight is 472 g/mol. The van der Waals surface area contributed by atoms with E-state index in [2.05, 4.69) is 0 Å². The Morgan fingerprint density at radius 3 is 2.69 bits per heavy atom. The SMILES string of the molecule is COC(=O)c1ccccc1-c1ccc(/C=C2\SC(=O)N(Cc3c(F)cccc3Cl)C2=O)o1. The number of amides is 2. The normalized spacial score (nSPS) is 15.0. The Kier molecular flexibility index (Phi) is 6.16. The summed E-state index contributed by atoms with van der Waals surface area (Å²) in [7, 11) is 1.29. The molecule has 1 aliphatic heterocycles. The summed E-state index contributed by atoms with van der Waals surface area (Å²) in [6, 6.07) is 14.2. The number of methoxy groups -OCH3 is 1. The highest BCUT2D eigenvalue weighted by molar-refractivity contribution is 8.18. The first-order chi connectivity index (χ1) is 15.4. The molecule has 2 aromatic carbocycles. The van der Waals surface area contributed by atoms with Crippen molar-refractivity contribution in [3.8, 4) is 11.3 Å². The summed E-state index contributed by atoms with van der Waals surface area (Å²) in [6.07, 6.45) is 1.43. The van der Waals surface area contributed by atoms with Crippen LogP contribution in [0.3, 0.4) is 0 Å². The van der Waals surface area contributed by atoms with Crippen LogP contribution < -0.4 is 0 Å². The predicted molar refractivity (Wildman–Crippen MR) is 118 cm³/mol. The van der Waals surface area contributed by atoms with Crippen LogP contribution in [0.25, 0.3) is 17.4 Å². The maximum atomic E-state index is 14.1. The minimum absolute atomic E-state index is 0.0671. The lowest BCUT2D eigenvalue weighted by atomic mass is 10.1. The number of ether oxygens (including phenoxy) is 1. The molecule has 1 fully saturated rings. The number of halogens is 2. The second kappa shape index (κ2) is 9.02. The van der Waals surface area contributed by atoms with Gasteiger partial charge >= 0.3 is 5.97 Å². The first-order valence-electron chi connectivity index (χ1n) is 9.35. The monoisotopic (exact) mass is 471 g/mol. The number of thioether (sulfide) groups is 1. The van der Waals surface area contributed by atoms with E-state index in [1.807, 2.05) is 0 Å². The van der Waals surface area contributed by atoms with E-state index in [0.717, 1.165) is 16.7 Å². The molecule has 0 atom stereocenters. The van der Waals surface area contributed by atoms with Gasteiger partial charge in [-0.3, -0.25) is 14.5 Å². The van der Waals surface area contributed by atoms with Crippen LogP contribution in [-0.4, -0.2) is 29.1 Å². The second-order valence-electron chi connectivity index (χ2n) is 6.71. The van der Waals surface area contributed by atoms with E-state index >= 15 is 0 Å². The van der Waals surface area contributed by atoms with Crippen LogP contribution in [0.4, 0.5) is 9.18 Å². The Bertz CT molecular complexity index is 1250. The molecule has 0 N–H and O–H groups in total. The molecule has 2 amide bonds. The van der Waals surface area contributed by atoms with Crippen LogP contribution >= 0.6 is 23.4 Å². The number of nitrogens with zero attached hydrogens (tertiary/aromatic N) is 1. The summed E-state index contributed by atoms with van der Waals surface area (Å²) in [4.78, 5) is 38.2. The van der Waals surface area contributed by atoms with Crippen molar-refractivity contribution in [1.82, 2.24) is 4.90 Å². The summed E-state index contributed by atoms with van der Waals surface area (Å²) in [6.45, 7) is -0.274. The molecule has 0 aliphatic carbocycles. The van der Waals surface area contributed by atoms with E-state index in [-0.39, 0.29) is 22.0 Å². The molecule has 0 radical (unpaired) electrons. The molecular weight excluding hydrogens is 457 g/mol. The topological polar surface area (TPSA) is 76.8 Å². The quantitative estimate of drug-likeness (QED) is 0.347. The molecule has 0 spiro atoms. The average Bonchev–Trinajstić information content (AvgIpc) is 3.35. The van der Waals surface area contributed by atoms with Crippen molar-refractivity contribution in [2.45, 2.75) is 6.54 Å². The van der Waals surface area contributed by atoms with Gasteiger partial charge in [-0.15, -0.1) is 0 Å². The number of carbonyl (C=O) groups excluding carboxylic acids is 3. The first kappa shape index (κ1) is 21.9. The third-order valence-electron chi connectivity index (χ3n) is 4.75. The van der Waals surface area contributed by atoms with Crippen molar-refractivity contribution >= 4 is 46.6 Å². The Labute approximate surface area is 191 Å². The van der Waals surface area contributed by atoms with Gasteiger partial charge in [-0.25, -0.2) is 9.18 Å². The Balaban J connectivity index is 1.59. The summed E-state index contributed by atoms with van der Waals surface area (Å²) < 4.78 is 24.7. The van der Waals surface area contributed by atoms with E-state index in [9.17, 15) is 18.8 Å². The summed E-state index contributed by atoms with van der Waals surface area (Å²) >= 11 is 6.74. The van der Waals surface area contributed by atoms with Crippen LogP contribution in [0.2, 0.25) is 5.02 Å². The molecule has 1 saturated heterocycles. The minimum atomic E-state index is -0.597. The number of imide groups is 1. The van der Waals surface area contributed by atoms with Crippen LogP contribution in [-0.2, 0) is 16.1 Å². The molecule has 3 aromatic rings. The van der Waals surface area contributed by atoms with Crippen molar-refractivity contribution in [2.75, 3.05) is 7.11 Å². The number of esters is 1. The van der Waals surface area contributed by atoms with Gasteiger partial charge in [-0.05, 0) is 42.1 Å². The summed E-state index contributed by atoms with van der Waals surface area (Å²) in [5, 5.41) is -0.406. The van der Waals surface area contributed by atoms with Crippen molar-refractivity contribution < 1.29 is 27.9 Å². The zero-order valence-corrected chi connectivity index (χ0v) is 18.2. The van der Waals surface area contributed by atoms with Crippen molar-refractivity contribution in [1.29, 1.82) is 0 Å². The fourth-order valence-electron chi connectivity index (χ4n) is 3.17. The highest BCUT2D eigenvalue weighted by Gasteiger charge is 2.36. The Morgan fingerprint density at radius 1 is 1.16 bits per heavy atom. The van der Waals surface area contributed by atoms with Crippen LogP contribution in [0.15, 0.2) is 63.9 Å². The van der Waals surface area contributed by atoms with E-state index in [0.29, 0.717) is 22.6 Å². The van der Waals surface area contributed by atoms with E-state index in [1.54, 1.807) is 36.4 Å². The molecule has 0 saturated carbocycles. The molecule has 1 aromatic heterocycles. The molecule has 4 rings (SSSR count). The van der Waals surface area contributed by atoms with Gasteiger partial charge in [0, 0.05) is 22.2 Å². The van der Waals surface area contributed by atoms with Gasteiger partial charge in [0.25, 0.3) is 11.1 Å². The van der Waals surface area contributed by atoms with Gasteiger partial charge in [-0.2, -0.15) is 0 Å². The third-order valence-corrected chi connectivity index (χ3v) is 6.01. The molecule has 2 heterocycles. The molecular formula is C23H15ClFNO5S. The zero-order chi connectivity index (χ0) is 22.8. The Hall–Kier alpha value is -3.36. The zero-order valence-electron chi connectivity index (χ0n) is 16.6. The summed E-state index contributed by atoms with van der Waals surface area (Å²) in [5.41, 5.74) is 0.928. The number of rotatable bonds is 5. The molecule has 6 nitrogen and oxygen atoms in total. The van der Waals surface area contributed by atoms with Crippen LogP contribution in [0.1, 0.15) is 21.7 Å². The van der Waals surface area contributed by atoms with Gasteiger partial charge < -0.3 is 9.15 Å². The van der Waals surface area contributed by atoms with Gasteiger partial charge in [0.15, 0.2) is 0 Å². The number of furan rings is 1. The van der Waals surface area contributed by atoms with Crippen LogP contribution in [0, 0.1) is 5.82 Å². The van der Waals surface area contributed by atoms with E-state index < -0.39 is 22.9 Å². The lowest BCUT2D eigenvalue weighted by molar-refractivity contribution is -0.123. The number of benzene rings is 2. The highest BCUT2D eigenvalue weighted by Crippen LogP contribution is 2.35. The predicted octanol–water partition coefficient (Wildman–Crippen LogP) is 5.76. The van der Waals surface area contributed by atoms with Gasteiger partial charge in [0.05, 0.1) is 24.1 Å². The second-order valence-corrected chi connectivity index (χ2v) is 8.11. The standard InChI is InChI=1S/C23H15ClFNO5S/c1-30-22(28)15-6-3-2-5-14(15)19-10-9-13(31-19)11-20-21(27)26(23(29)32-20)12-16-17(24)7-4-8-18(16)25/h2-11H,12H2,1H3/b20-11-. The van der Waals surface area contributed by atoms with Crippen molar-refractivity contribution in [2.24, 2.45) is 0 Å². The van der Waals surface area contributed by atoms with E-state index in [4.69, 9.17) is 20.8 Å². The number of carbonyl (C=O) groups is 3. The molecule has 0 bridgehead atoms. The number of hydrogen-bond acceptors (Lipinski definition) is 6. The largest absolute Gasteiger partial charge is 0.465 e. The van der Waals surface area contributed by atoms with Gasteiger partial charge in [-0.1, -0.05) is 35.9 Å². The molecule has 1 aliphatic rings. The summed E-state index contributed by atoms with van der Waals surface area (Å²) in [5.74, 6) is -0.970. The molecule has 0 unspecified atom stereocenters. The lowest BCUT2D eigenvalue weighted by Gasteiger charge is -2.14. The molecule has 32 heavy (non-hydrogen) atoms. The van der Waals surface area contributed by atoms with Crippen LogP contribution in [0.5, 0.6) is 0 Å². The van der Waals surface area contributed by atoms with Crippen molar-refractivity contribution in [3.05, 3.63) is 87.2 Å². The Morgan fingerprint density at radius 2 is 1.94 bits per heavy atom. The van der Waals surface area contributed by atoms with E-state index in [1.165, 1.54) is 31.4 Å². The van der Waals surface area contributed by atoms with Gasteiger partial charge in [0.2, 0.25) is 0 Å². The van der Waals surface area contributed by atoms with Gasteiger partial charge in [0.1, 0.15) is 17.3 Å². The molecule has 9 heteroatoms. The minimum Gasteiger partial charge on any atom is -0.465 e. The third kappa shape index (κ3) is 4.19. The highest BCUT2D eigenvalue weighted by atomic mass is 35.5. The smallest absolute Gasteiger partial charge is 0.338 e. The first-order valence-corrected chi connectivity index (χ1v) is 10.5. The number of hydrogen-bond donors (Lipinski definition) is 0. The fraction of sp³-hybridized carbons (Fsp3) is 0.0870. The maximum Gasteiger partial charge on any atom is 0.338 e. The maximum absolute atomic E-state index is 14.1. The lowest BCUT2D eigenvalue weighted by Crippen LogP contribution is -2.28. The fourth-order valence-corrected chi connectivity index (χ4v) is 4.21. The molecule has 162 valence electrons.